The van der Waals surface area contributed by atoms with Crippen molar-refractivity contribution in [3.05, 3.63) is 69.8 Å². The zero-order valence-electron chi connectivity index (χ0n) is 13.0. The van der Waals surface area contributed by atoms with E-state index in [-0.39, 0.29) is 0 Å². The Bertz CT molecular complexity index is 575. The molecule has 104 valence electrons. The molecule has 0 saturated heterocycles. The van der Waals surface area contributed by atoms with Gasteiger partial charge in [-0.25, -0.2) is 0 Å². The lowest BCUT2D eigenvalue weighted by Crippen LogP contribution is -2.13. The second-order valence-corrected chi connectivity index (χ2v) is 6.63. The molecule has 0 N–H and O–H groups in total. The van der Waals surface area contributed by atoms with Crippen LogP contribution >= 0.6 is 0 Å². The van der Waals surface area contributed by atoms with Gasteiger partial charge >= 0.3 is 0 Å². The molecule has 3 rings (SSSR count). The third-order valence-electron chi connectivity index (χ3n) is 4.60. The first-order valence-electron chi connectivity index (χ1n) is 7.79. The van der Waals surface area contributed by atoms with Crippen molar-refractivity contribution in [2.45, 2.75) is 52.4 Å². The molecular formula is C20H24. The van der Waals surface area contributed by atoms with Crippen molar-refractivity contribution in [2.75, 3.05) is 0 Å². The lowest BCUT2D eigenvalue weighted by atomic mass is 9.78. The van der Waals surface area contributed by atoms with Crippen LogP contribution in [0.2, 0.25) is 0 Å². The highest BCUT2D eigenvalue weighted by Gasteiger charge is 2.21. The van der Waals surface area contributed by atoms with Crippen molar-refractivity contribution in [2.24, 2.45) is 0 Å². The topological polar surface area (TPSA) is 0 Å². The van der Waals surface area contributed by atoms with Gasteiger partial charge in [0.1, 0.15) is 0 Å². The van der Waals surface area contributed by atoms with Crippen LogP contribution in [0.1, 0.15) is 72.9 Å². The van der Waals surface area contributed by atoms with Crippen molar-refractivity contribution in [3.8, 4) is 0 Å². The Morgan fingerprint density at radius 1 is 0.650 bits per heavy atom. The molecule has 2 aromatic rings. The second-order valence-electron chi connectivity index (χ2n) is 6.63. The Morgan fingerprint density at radius 3 is 1.40 bits per heavy atom. The average Bonchev–Trinajstić information content (AvgIpc) is 2.43. The van der Waals surface area contributed by atoms with Crippen molar-refractivity contribution in [3.63, 3.8) is 0 Å². The fraction of sp³-hybridized carbons (Fsp3) is 0.400. The first-order valence-corrected chi connectivity index (χ1v) is 7.79. The van der Waals surface area contributed by atoms with Crippen LogP contribution in [0, 0.1) is 0 Å². The largest absolute Gasteiger partial charge is 0.0617 e. The monoisotopic (exact) mass is 264 g/mol. The van der Waals surface area contributed by atoms with Crippen molar-refractivity contribution in [1.82, 2.24) is 0 Å². The molecular weight excluding hydrogens is 240 g/mol. The maximum Gasteiger partial charge on any atom is -0.00171 e. The number of hydrogen-bond acceptors (Lipinski definition) is 0. The molecule has 0 saturated carbocycles. The lowest BCUT2D eigenvalue weighted by molar-refractivity contribution is 0.811. The Morgan fingerprint density at radius 2 is 1.05 bits per heavy atom. The van der Waals surface area contributed by atoms with Crippen LogP contribution in [-0.4, -0.2) is 0 Å². The van der Waals surface area contributed by atoms with Crippen LogP contribution in [-0.2, 0) is 12.8 Å². The van der Waals surface area contributed by atoms with E-state index in [1.54, 1.807) is 11.1 Å². The Balaban J connectivity index is 2.11. The van der Waals surface area contributed by atoms with Gasteiger partial charge in [-0.3, -0.25) is 0 Å². The van der Waals surface area contributed by atoms with Gasteiger partial charge in [0.15, 0.2) is 0 Å². The van der Waals surface area contributed by atoms with Crippen LogP contribution in [0.4, 0.5) is 0 Å². The minimum atomic E-state index is 0.611. The Labute approximate surface area is 122 Å². The molecule has 0 amide bonds. The van der Waals surface area contributed by atoms with E-state index in [9.17, 15) is 0 Å². The lowest BCUT2D eigenvalue weighted by Gasteiger charge is -2.26. The fourth-order valence-corrected chi connectivity index (χ4v) is 3.53. The fourth-order valence-electron chi connectivity index (χ4n) is 3.53. The van der Waals surface area contributed by atoms with Crippen LogP contribution in [0.5, 0.6) is 0 Å². The molecule has 0 radical (unpaired) electrons. The summed E-state index contributed by atoms with van der Waals surface area (Å²) in [5, 5.41) is 0. The predicted octanol–water partition coefficient (Wildman–Crippen LogP) is 5.43. The molecule has 0 bridgehead atoms. The van der Waals surface area contributed by atoms with Crippen LogP contribution in [0.3, 0.4) is 0 Å². The van der Waals surface area contributed by atoms with Crippen LogP contribution < -0.4 is 0 Å². The third-order valence-corrected chi connectivity index (χ3v) is 4.60. The van der Waals surface area contributed by atoms with Gasteiger partial charge in [-0.15, -0.1) is 0 Å². The van der Waals surface area contributed by atoms with Gasteiger partial charge in [0.2, 0.25) is 0 Å². The summed E-state index contributed by atoms with van der Waals surface area (Å²) in [5.74, 6) is 1.22. The van der Waals surface area contributed by atoms with Gasteiger partial charge in [-0.05, 0) is 58.1 Å². The summed E-state index contributed by atoms with van der Waals surface area (Å²) in [6.45, 7) is 9.21. The smallest absolute Gasteiger partial charge is 0.00171 e. The standard InChI is InChI=1S/C20H24/c1-13(2)17-9-5-7-15-12-20-16(11-19(15)17)8-6-10-18(20)14(3)4/h5-10,13-14H,11-12H2,1-4H3. The van der Waals surface area contributed by atoms with E-state index in [4.69, 9.17) is 0 Å². The highest BCUT2D eigenvalue weighted by Crippen LogP contribution is 2.35. The zero-order valence-corrected chi connectivity index (χ0v) is 13.0. The predicted molar refractivity (Wildman–Crippen MR) is 86.7 cm³/mol. The molecule has 0 heteroatoms. The molecule has 1 aliphatic carbocycles. The summed E-state index contributed by atoms with van der Waals surface area (Å²) in [7, 11) is 0. The summed E-state index contributed by atoms with van der Waals surface area (Å²) in [6, 6.07) is 13.7. The van der Waals surface area contributed by atoms with E-state index in [2.05, 4.69) is 64.1 Å². The van der Waals surface area contributed by atoms with Crippen molar-refractivity contribution >= 4 is 0 Å². The van der Waals surface area contributed by atoms with E-state index in [0.29, 0.717) is 11.8 Å². The molecule has 1 aliphatic rings. The van der Waals surface area contributed by atoms with Gasteiger partial charge < -0.3 is 0 Å². The molecule has 0 spiro atoms. The number of fused-ring (bicyclic) bond motifs is 2. The molecule has 0 aromatic heterocycles. The maximum absolute atomic E-state index is 2.32. The Kier molecular flexibility index (Phi) is 3.41. The second kappa shape index (κ2) is 5.09. The van der Waals surface area contributed by atoms with E-state index in [1.165, 1.54) is 22.3 Å². The number of rotatable bonds is 2. The molecule has 0 aliphatic heterocycles. The molecule has 2 aromatic carbocycles. The highest BCUT2D eigenvalue weighted by molar-refractivity contribution is 5.52. The molecule has 0 atom stereocenters. The van der Waals surface area contributed by atoms with Gasteiger partial charge in [0.25, 0.3) is 0 Å². The molecule has 0 heterocycles. The minimum Gasteiger partial charge on any atom is -0.0617 e. The zero-order chi connectivity index (χ0) is 14.3. The summed E-state index contributed by atoms with van der Waals surface area (Å²) in [6.07, 6.45) is 2.22. The third kappa shape index (κ3) is 2.18. The molecule has 0 nitrogen and oxygen atoms in total. The first-order chi connectivity index (χ1) is 9.58. The first kappa shape index (κ1) is 13.4. The van der Waals surface area contributed by atoms with Crippen molar-refractivity contribution < 1.29 is 0 Å². The minimum absolute atomic E-state index is 0.611. The summed E-state index contributed by atoms with van der Waals surface area (Å²) in [4.78, 5) is 0. The molecule has 0 unspecified atom stereocenters. The Hall–Kier alpha value is -1.56. The van der Waals surface area contributed by atoms with Gasteiger partial charge in [0.05, 0.1) is 0 Å². The van der Waals surface area contributed by atoms with Gasteiger partial charge in [-0.1, -0.05) is 64.1 Å². The summed E-state index contributed by atoms with van der Waals surface area (Å²) < 4.78 is 0. The summed E-state index contributed by atoms with van der Waals surface area (Å²) in [5.41, 5.74) is 9.30. The van der Waals surface area contributed by atoms with E-state index in [0.717, 1.165) is 12.8 Å². The van der Waals surface area contributed by atoms with Crippen LogP contribution in [0.15, 0.2) is 36.4 Å². The quantitative estimate of drug-likeness (QED) is 0.579. The van der Waals surface area contributed by atoms with Crippen LogP contribution in [0.25, 0.3) is 0 Å². The van der Waals surface area contributed by atoms with Gasteiger partial charge in [0, 0.05) is 0 Å². The SMILES string of the molecule is CC(C)c1cccc2c1Cc1cccc(C(C)C)c1C2. The van der Waals surface area contributed by atoms with Gasteiger partial charge in [-0.2, -0.15) is 0 Å². The molecule has 20 heavy (non-hydrogen) atoms. The van der Waals surface area contributed by atoms with E-state index < -0.39 is 0 Å². The highest BCUT2D eigenvalue weighted by atomic mass is 14.3. The molecule has 0 fully saturated rings. The van der Waals surface area contributed by atoms with E-state index >= 15 is 0 Å². The number of hydrogen-bond donors (Lipinski definition) is 0. The maximum atomic E-state index is 2.32. The van der Waals surface area contributed by atoms with E-state index in [1.807, 2.05) is 0 Å². The number of benzene rings is 2. The average molecular weight is 264 g/mol. The normalized spacial score (nSPS) is 13.5. The van der Waals surface area contributed by atoms with Crippen molar-refractivity contribution in [1.29, 1.82) is 0 Å². The summed E-state index contributed by atoms with van der Waals surface area (Å²) >= 11 is 0.